The van der Waals surface area contributed by atoms with Crippen LogP contribution in [0.5, 0.6) is 17.2 Å². The molecule has 0 amide bonds. The molecule has 212 valence electrons. The predicted octanol–water partition coefficient (Wildman–Crippen LogP) is 1.01. The lowest BCUT2D eigenvalue weighted by atomic mass is 9.88. The lowest BCUT2D eigenvalue weighted by Gasteiger charge is -2.39. The molecule has 7 N–H and O–H groups in total. The van der Waals surface area contributed by atoms with Crippen LogP contribution in [0.3, 0.4) is 0 Å². The quantitative estimate of drug-likeness (QED) is 0.197. The molecule has 0 radical (unpaired) electrons. The van der Waals surface area contributed by atoms with Gasteiger partial charge in [0.2, 0.25) is 6.29 Å². The number of hydrogen-bond acceptors (Lipinski definition) is 11. The highest BCUT2D eigenvalue weighted by molar-refractivity contribution is 5.70. The van der Waals surface area contributed by atoms with Gasteiger partial charge in [0.1, 0.15) is 47.4 Å². The van der Waals surface area contributed by atoms with Crippen molar-refractivity contribution in [3.05, 3.63) is 87.5 Å². The summed E-state index contributed by atoms with van der Waals surface area (Å²) >= 11 is 0. The molecule has 12 nitrogen and oxygen atoms in total. The fraction of sp³-hybridized carbons (Fsp3) is 0.286. The topological polar surface area (TPSA) is 207 Å². The number of benzene rings is 2. The van der Waals surface area contributed by atoms with Crippen molar-refractivity contribution in [1.29, 1.82) is 0 Å². The number of hydrogen-bond donors (Lipinski definition) is 7. The third-order valence-corrected chi connectivity index (χ3v) is 6.42. The first-order valence-electron chi connectivity index (χ1n) is 12.2. The van der Waals surface area contributed by atoms with Gasteiger partial charge in [-0.15, -0.1) is 0 Å². The smallest absolute Gasteiger partial charge is 0.343 e. The summed E-state index contributed by atoms with van der Waals surface area (Å²) in [6.07, 6.45) is -5.78. The fourth-order valence-electron chi connectivity index (χ4n) is 4.31. The molecule has 1 unspecified atom stereocenters. The highest BCUT2D eigenvalue weighted by Gasteiger charge is 2.45. The maximum absolute atomic E-state index is 13.4. The Bertz CT molecular complexity index is 1390. The van der Waals surface area contributed by atoms with Gasteiger partial charge < -0.3 is 49.6 Å². The number of carboxylic acids is 1. The molecule has 1 aliphatic rings. The van der Waals surface area contributed by atoms with E-state index in [0.29, 0.717) is 11.1 Å². The first-order valence-corrected chi connectivity index (χ1v) is 12.2. The van der Waals surface area contributed by atoms with Crippen LogP contribution in [0.4, 0.5) is 0 Å². The number of phenols is 2. The first-order chi connectivity index (χ1) is 19.1. The van der Waals surface area contributed by atoms with Crippen LogP contribution >= 0.6 is 0 Å². The Hall–Kier alpha value is -4.20. The number of aliphatic carboxylic acids is 1. The lowest BCUT2D eigenvalue weighted by molar-refractivity contribution is -0.277. The second-order valence-corrected chi connectivity index (χ2v) is 9.20. The molecule has 3 aromatic rings. The Morgan fingerprint density at radius 2 is 1.55 bits per heavy atom. The summed E-state index contributed by atoms with van der Waals surface area (Å²) in [5.41, 5.74) is -0.231. The molecule has 12 heteroatoms. The van der Waals surface area contributed by atoms with E-state index in [2.05, 4.69) is 0 Å². The van der Waals surface area contributed by atoms with E-state index in [1.165, 1.54) is 48.5 Å². The molecule has 2 aromatic carbocycles. The fourth-order valence-corrected chi connectivity index (χ4v) is 4.31. The maximum atomic E-state index is 13.4. The molecule has 40 heavy (non-hydrogen) atoms. The van der Waals surface area contributed by atoms with Crippen molar-refractivity contribution < 1.29 is 54.4 Å². The van der Waals surface area contributed by atoms with Crippen molar-refractivity contribution >= 4 is 18.1 Å². The van der Waals surface area contributed by atoms with E-state index in [-0.39, 0.29) is 28.6 Å². The molecule has 2 heterocycles. The zero-order valence-corrected chi connectivity index (χ0v) is 20.9. The van der Waals surface area contributed by atoms with Crippen LogP contribution in [-0.2, 0) is 9.53 Å². The number of carbonyl (C=O) groups is 1. The van der Waals surface area contributed by atoms with Crippen LogP contribution < -0.4 is 10.4 Å². The Morgan fingerprint density at radius 3 is 2.15 bits per heavy atom. The molecule has 1 aliphatic heterocycles. The summed E-state index contributed by atoms with van der Waals surface area (Å²) in [5.74, 6) is -2.69. The van der Waals surface area contributed by atoms with E-state index in [9.17, 15) is 45.3 Å². The highest BCUT2D eigenvalue weighted by atomic mass is 16.7. The summed E-state index contributed by atoms with van der Waals surface area (Å²) in [5, 5.41) is 69.2. The largest absolute Gasteiger partial charge is 0.508 e. The molecule has 0 aliphatic carbocycles. The van der Waals surface area contributed by atoms with Crippen LogP contribution in [-0.4, -0.2) is 79.0 Å². The minimum atomic E-state index is -1.81. The monoisotopic (exact) mass is 556 g/mol. The van der Waals surface area contributed by atoms with E-state index in [0.717, 1.165) is 0 Å². The molecule has 0 bridgehead atoms. The minimum Gasteiger partial charge on any atom is -0.508 e. The standard InChI is InChI=1S/C28H28O12/c29-13-21-24(34)25(35)26(36)28(40-21)39-20-11-18(10-3-14-1-6-16(30)7-2-14)38-27(37)23(20)19(12-22(32)33)15-4-8-17(31)9-5-15/h1-11,19,21,24-26,28-31,34-36H,12-13H2,(H,32,33)/b10-3-/t19?,21-,24-,25+,26-,28-/m1/s1. The van der Waals surface area contributed by atoms with Crippen LogP contribution in [0.1, 0.15) is 34.8 Å². The van der Waals surface area contributed by atoms with E-state index < -0.39 is 61.2 Å². The second-order valence-electron chi connectivity index (χ2n) is 9.20. The average Bonchev–Trinajstić information content (AvgIpc) is 2.92. The zero-order chi connectivity index (χ0) is 29.0. The Kier molecular flexibility index (Phi) is 8.87. The van der Waals surface area contributed by atoms with Crippen molar-refractivity contribution in [2.24, 2.45) is 0 Å². The SMILES string of the molecule is O=C(O)CC(c1ccc(O)cc1)c1c(O[C@@H]2O[C@H](CO)[C@@H](O)[C@H](O)[C@H]2O)cc(/C=C\c2ccc(O)cc2)oc1=O. The van der Waals surface area contributed by atoms with E-state index in [1.54, 1.807) is 18.2 Å². The molecule has 0 spiro atoms. The van der Waals surface area contributed by atoms with E-state index in [4.69, 9.17) is 13.9 Å². The summed E-state index contributed by atoms with van der Waals surface area (Å²) in [6.45, 7) is -0.718. The minimum absolute atomic E-state index is 0.0267. The summed E-state index contributed by atoms with van der Waals surface area (Å²) in [4.78, 5) is 25.1. The van der Waals surface area contributed by atoms with Gasteiger partial charge in [-0.2, -0.15) is 0 Å². The van der Waals surface area contributed by atoms with Gasteiger partial charge in [-0.3, -0.25) is 4.79 Å². The number of ether oxygens (including phenoxy) is 2. The predicted molar refractivity (Wildman–Crippen MR) is 139 cm³/mol. The van der Waals surface area contributed by atoms with E-state index >= 15 is 0 Å². The molecule has 1 saturated heterocycles. The van der Waals surface area contributed by atoms with Crippen molar-refractivity contribution in [2.75, 3.05) is 6.61 Å². The Labute approximate surface area is 227 Å². The molecule has 6 atom stereocenters. The summed E-state index contributed by atoms with van der Waals surface area (Å²) in [6, 6.07) is 12.9. The number of rotatable bonds is 9. The van der Waals surface area contributed by atoms with Gasteiger partial charge in [-0.05, 0) is 41.5 Å². The van der Waals surface area contributed by atoms with Crippen LogP contribution in [0, 0.1) is 0 Å². The van der Waals surface area contributed by atoms with Gasteiger partial charge in [-0.1, -0.05) is 30.3 Å². The number of aromatic hydroxyl groups is 2. The first kappa shape index (κ1) is 28.8. The Balaban J connectivity index is 1.81. The lowest BCUT2D eigenvalue weighted by Crippen LogP contribution is -2.60. The molecule has 1 aromatic heterocycles. The number of carboxylic acid groups (broad SMARTS) is 1. The highest BCUT2D eigenvalue weighted by Crippen LogP contribution is 2.36. The zero-order valence-electron chi connectivity index (χ0n) is 20.9. The molecule has 0 saturated carbocycles. The van der Waals surface area contributed by atoms with Crippen molar-refractivity contribution in [1.82, 2.24) is 0 Å². The van der Waals surface area contributed by atoms with E-state index in [1.807, 2.05) is 0 Å². The molecular formula is C28H28O12. The van der Waals surface area contributed by atoms with Gasteiger partial charge >= 0.3 is 11.6 Å². The van der Waals surface area contributed by atoms with Crippen molar-refractivity contribution in [3.8, 4) is 17.2 Å². The third-order valence-electron chi connectivity index (χ3n) is 6.42. The van der Waals surface area contributed by atoms with Crippen LogP contribution in [0.2, 0.25) is 0 Å². The summed E-state index contributed by atoms with van der Waals surface area (Å²) in [7, 11) is 0. The van der Waals surface area contributed by atoms with Gasteiger partial charge in [0, 0.05) is 12.0 Å². The third kappa shape index (κ3) is 6.50. The molecule has 1 fully saturated rings. The van der Waals surface area contributed by atoms with Crippen LogP contribution in [0.25, 0.3) is 12.2 Å². The van der Waals surface area contributed by atoms with Gasteiger partial charge in [0.15, 0.2) is 0 Å². The van der Waals surface area contributed by atoms with Crippen molar-refractivity contribution in [3.63, 3.8) is 0 Å². The number of aliphatic hydroxyl groups is 4. The Morgan fingerprint density at radius 1 is 0.925 bits per heavy atom. The van der Waals surface area contributed by atoms with Crippen LogP contribution in [0.15, 0.2) is 63.8 Å². The normalized spacial score (nSPS) is 23.6. The molecular weight excluding hydrogens is 528 g/mol. The second kappa shape index (κ2) is 12.3. The maximum Gasteiger partial charge on any atom is 0.343 e. The molecule has 4 rings (SSSR count). The van der Waals surface area contributed by atoms with Gasteiger partial charge in [0.05, 0.1) is 18.6 Å². The number of aliphatic hydroxyl groups excluding tert-OH is 4. The van der Waals surface area contributed by atoms with Crippen molar-refractivity contribution in [2.45, 2.75) is 43.0 Å². The number of phenolic OH excluding ortho intramolecular Hbond substituents is 2. The van der Waals surface area contributed by atoms with Gasteiger partial charge in [-0.25, -0.2) is 4.79 Å². The van der Waals surface area contributed by atoms with Gasteiger partial charge in [0.25, 0.3) is 0 Å². The summed E-state index contributed by atoms with van der Waals surface area (Å²) < 4.78 is 16.7. The average molecular weight is 557 g/mol.